The van der Waals surface area contributed by atoms with Crippen molar-refractivity contribution in [1.29, 1.82) is 0 Å². The molecule has 0 saturated heterocycles. The van der Waals surface area contributed by atoms with Gasteiger partial charge in [-0.25, -0.2) is 4.68 Å². The molecule has 0 aliphatic heterocycles. The molecule has 3 heterocycles. The molecule has 0 radical (unpaired) electrons. The van der Waals surface area contributed by atoms with E-state index in [1.54, 1.807) is 0 Å². The number of hydrogen-bond acceptors (Lipinski definition) is 6. The average Bonchev–Trinajstić information content (AvgIpc) is 3.49. The van der Waals surface area contributed by atoms with Crippen LogP contribution >= 0.6 is 0 Å². The largest absolute Gasteiger partial charge is 0.469 e. The highest BCUT2D eigenvalue weighted by atomic mass is 16.5. The second-order valence-electron chi connectivity index (χ2n) is 13.3. The van der Waals surface area contributed by atoms with Crippen molar-refractivity contribution in [2.75, 3.05) is 7.11 Å². The normalized spacial score (nSPS) is 21.6. The van der Waals surface area contributed by atoms with E-state index in [-0.39, 0.29) is 17.3 Å². The summed E-state index contributed by atoms with van der Waals surface area (Å²) < 4.78 is 8.99. The smallest absolute Gasteiger partial charge is 0.312 e. The van der Waals surface area contributed by atoms with E-state index in [9.17, 15) is 9.90 Å². The molecule has 7 rings (SSSR count). The fraction of sp³-hybridized carbons (Fsp3) is 0.405. The molecular formula is C37H41N5O3. The van der Waals surface area contributed by atoms with E-state index in [2.05, 4.69) is 45.9 Å². The number of carbonyl (C=O) groups excluding carboxylic acids is 1. The second-order valence-corrected chi connectivity index (χ2v) is 13.3. The Morgan fingerprint density at radius 3 is 2.58 bits per heavy atom. The van der Waals surface area contributed by atoms with Gasteiger partial charge < -0.3 is 9.84 Å². The molecule has 0 bridgehead atoms. The summed E-state index contributed by atoms with van der Waals surface area (Å²) in [7, 11) is 1.50. The maximum absolute atomic E-state index is 12.3. The van der Waals surface area contributed by atoms with Gasteiger partial charge in [0.2, 0.25) is 0 Å². The Balaban J connectivity index is 1.20. The zero-order valence-electron chi connectivity index (χ0n) is 26.7. The molecule has 1 N–H and O–H groups in total. The van der Waals surface area contributed by atoms with Crippen molar-refractivity contribution < 1.29 is 14.6 Å². The van der Waals surface area contributed by atoms with Crippen molar-refractivity contribution in [2.45, 2.75) is 77.9 Å². The predicted molar refractivity (Wildman–Crippen MR) is 174 cm³/mol. The van der Waals surface area contributed by atoms with Crippen LogP contribution in [0.2, 0.25) is 0 Å². The Labute approximate surface area is 264 Å². The zero-order chi connectivity index (χ0) is 31.5. The molecule has 5 aromatic rings. The Morgan fingerprint density at radius 2 is 1.87 bits per heavy atom. The lowest BCUT2D eigenvalue weighted by Gasteiger charge is -2.26. The summed E-state index contributed by atoms with van der Waals surface area (Å²) in [5, 5.41) is 21.9. The number of methoxy groups -OCH3 is 1. The molecule has 2 fully saturated rings. The van der Waals surface area contributed by atoms with Crippen molar-refractivity contribution in [3.8, 4) is 16.9 Å². The van der Waals surface area contributed by atoms with Crippen LogP contribution in [-0.4, -0.2) is 42.7 Å². The number of hydrogen-bond donors (Lipinski definition) is 1. The lowest BCUT2D eigenvalue weighted by molar-refractivity contribution is -0.148. The summed E-state index contributed by atoms with van der Waals surface area (Å²) >= 11 is 0. The van der Waals surface area contributed by atoms with Gasteiger partial charge in [-0.3, -0.25) is 14.5 Å². The van der Waals surface area contributed by atoms with Crippen LogP contribution in [0.15, 0.2) is 66.9 Å². The lowest BCUT2D eigenvalue weighted by Crippen LogP contribution is -2.25. The molecule has 0 amide bonds. The molecule has 45 heavy (non-hydrogen) atoms. The Hall–Kier alpha value is -4.30. The van der Waals surface area contributed by atoms with Crippen molar-refractivity contribution in [3.05, 3.63) is 95.1 Å². The van der Waals surface area contributed by atoms with Crippen LogP contribution in [0.1, 0.15) is 85.7 Å². The van der Waals surface area contributed by atoms with Crippen LogP contribution in [0.4, 0.5) is 0 Å². The van der Waals surface area contributed by atoms with Crippen LogP contribution < -0.4 is 0 Å². The number of carbonyl (C=O) groups is 1. The predicted octanol–water partition coefficient (Wildman–Crippen LogP) is 7.20. The summed E-state index contributed by atoms with van der Waals surface area (Å²) in [6.07, 6.45) is 5.15. The first kappa shape index (κ1) is 29.4. The number of ether oxygens (including phenoxy) is 1. The van der Waals surface area contributed by atoms with Crippen LogP contribution in [0, 0.1) is 25.2 Å². The molecule has 0 spiro atoms. The van der Waals surface area contributed by atoms with Crippen molar-refractivity contribution >= 4 is 16.9 Å². The molecular weight excluding hydrogens is 562 g/mol. The molecule has 4 atom stereocenters. The van der Waals surface area contributed by atoms with Gasteiger partial charge in [0.05, 0.1) is 47.8 Å². The number of benzene rings is 2. The monoisotopic (exact) mass is 603 g/mol. The SMILES string of the molecule is COC(=O)[C@]12CC[C@H](c3ccc(-n4nc(-c5cccc6nn(C[C@H](O)c7ccccc7)cc56)c(C(C)C)c4C)c(C)n3)C[C@H]1C2. The number of fused-ring (bicyclic) bond motifs is 2. The third kappa shape index (κ3) is 5.05. The zero-order valence-corrected chi connectivity index (χ0v) is 26.7. The second kappa shape index (κ2) is 11.2. The van der Waals surface area contributed by atoms with Gasteiger partial charge in [-0.05, 0) is 75.1 Å². The third-order valence-corrected chi connectivity index (χ3v) is 10.2. The van der Waals surface area contributed by atoms with E-state index in [1.165, 1.54) is 12.7 Å². The van der Waals surface area contributed by atoms with E-state index in [1.807, 2.05) is 58.0 Å². The van der Waals surface area contributed by atoms with E-state index in [4.69, 9.17) is 19.9 Å². The molecule has 2 aromatic carbocycles. The third-order valence-electron chi connectivity index (χ3n) is 10.2. The first-order valence-electron chi connectivity index (χ1n) is 16.1. The Kier molecular flexibility index (Phi) is 7.35. The highest BCUT2D eigenvalue weighted by molar-refractivity contribution is 5.94. The van der Waals surface area contributed by atoms with E-state index < -0.39 is 6.10 Å². The summed E-state index contributed by atoms with van der Waals surface area (Å²) in [4.78, 5) is 17.5. The molecule has 2 aliphatic carbocycles. The highest BCUT2D eigenvalue weighted by Crippen LogP contribution is 2.64. The van der Waals surface area contributed by atoms with Crippen molar-refractivity contribution in [3.63, 3.8) is 0 Å². The van der Waals surface area contributed by atoms with Gasteiger partial charge in [-0.15, -0.1) is 0 Å². The molecule has 8 heteroatoms. The number of nitrogens with zero attached hydrogens (tertiary/aromatic N) is 5. The molecule has 8 nitrogen and oxygen atoms in total. The topological polar surface area (TPSA) is 95.1 Å². The van der Waals surface area contributed by atoms with Gasteiger partial charge in [0, 0.05) is 40.0 Å². The van der Waals surface area contributed by atoms with E-state index in [0.717, 1.165) is 76.2 Å². The fourth-order valence-electron chi connectivity index (χ4n) is 7.73. The van der Waals surface area contributed by atoms with Crippen LogP contribution in [0.25, 0.3) is 27.8 Å². The van der Waals surface area contributed by atoms with E-state index >= 15 is 0 Å². The first-order chi connectivity index (χ1) is 21.7. The average molecular weight is 604 g/mol. The highest BCUT2D eigenvalue weighted by Gasteiger charge is 2.62. The fourth-order valence-corrected chi connectivity index (χ4v) is 7.73. The summed E-state index contributed by atoms with van der Waals surface area (Å²) in [6, 6.07) is 20.2. The van der Waals surface area contributed by atoms with Gasteiger partial charge in [0.25, 0.3) is 0 Å². The molecule has 2 aliphatic rings. The summed E-state index contributed by atoms with van der Waals surface area (Å²) in [5.74, 6) is 0.980. The maximum Gasteiger partial charge on any atom is 0.312 e. The van der Waals surface area contributed by atoms with Gasteiger partial charge in [-0.2, -0.15) is 10.2 Å². The van der Waals surface area contributed by atoms with Crippen LogP contribution in [0.5, 0.6) is 0 Å². The molecule has 2 saturated carbocycles. The van der Waals surface area contributed by atoms with Gasteiger partial charge in [0.15, 0.2) is 0 Å². The molecule has 3 aromatic heterocycles. The number of pyridine rings is 1. The van der Waals surface area contributed by atoms with Gasteiger partial charge in [-0.1, -0.05) is 56.3 Å². The Bertz CT molecular complexity index is 1890. The standard InChI is InChI=1S/C37H41N5O3/c1-22(2)34-24(4)42(32-15-14-30(38-23(32)3)26-16-17-37(36(44)45-5)19-27(37)18-26)40-35(34)28-12-9-13-31-29(28)20-41(39-31)21-33(43)25-10-7-6-8-11-25/h6-15,20,22,26-27,33,43H,16-19,21H2,1-5H3/t26-,27-,33-,37-/m0/s1. The first-order valence-corrected chi connectivity index (χ1v) is 16.1. The lowest BCUT2D eigenvalue weighted by atomic mass is 9.80. The van der Waals surface area contributed by atoms with Crippen LogP contribution in [0.3, 0.4) is 0 Å². The molecule has 232 valence electrons. The Morgan fingerprint density at radius 1 is 1.07 bits per heavy atom. The number of esters is 1. The van der Waals surface area contributed by atoms with Gasteiger partial charge in [0.1, 0.15) is 0 Å². The quantitative estimate of drug-likeness (QED) is 0.189. The van der Waals surface area contributed by atoms with Crippen molar-refractivity contribution in [2.24, 2.45) is 11.3 Å². The number of aryl methyl sites for hydroxylation is 1. The van der Waals surface area contributed by atoms with E-state index in [0.29, 0.717) is 18.4 Å². The maximum atomic E-state index is 12.3. The number of rotatable bonds is 8. The van der Waals surface area contributed by atoms with Gasteiger partial charge >= 0.3 is 5.97 Å². The summed E-state index contributed by atoms with van der Waals surface area (Å²) in [6.45, 7) is 8.99. The van der Waals surface area contributed by atoms with Crippen molar-refractivity contribution in [1.82, 2.24) is 24.5 Å². The minimum Gasteiger partial charge on any atom is -0.469 e. The summed E-state index contributed by atoms with van der Waals surface area (Å²) in [5.41, 5.74) is 8.79. The minimum absolute atomic E-state index is 0.0378. The number of aliphatic hydroxyl groups is 1. The number of aromatic nitrogens is 5. The van der Waals surface area contributed by atoms with Crippen LogP contribution in [-0.2, 0) is 16.1 Å². The number of aliphatic hydroxyl groups excluding tert-OH is 1. The molecule has 0 unspecified atom stereocenters. The minimum atomic E-state index is -0.650.